The Morgan fingerprint density at radius 2 is 0.582 bits per heavy atom. The molecule has 0 radical (unpaired) electrons. The first-order valence-corrected chi connectivity index (χ1v) is 27.4. The van der Waals surface area contributed by atoms with E-state index in [1.54, 1.807) is 0 Å². The minimum Gasteiger partial charge on any atom is -0.462 e. The Morgan fingerprint density at radius 1 is 0.313 bits per heavy atom. The van der Waals surface area contributed by atoms with Crippen molar-refractivity contribution in [2.75, 3.05) is 13.2 Å². The van der Waals surface area contributed by atoms with Crippen LogP contribution in [-0.4, -0.2) is 37.2 Å². The highest BCUT2D eigenvalue weighted by atomic mass is 16.6. The highest BCUT2D eigenvalue weighted by Gasteiger charge is 2.19. The molecule has 0 aliphatic heterocycles. The summed E-state index contributed by atoms with van der Waals surface area (Å²) < 4.78 is 16.8. The van der Waals surface area contributed by atoms with E-state index in [9.17, 15) is 14.4 Å². The molecule has 0 fully saturated rings. The van der Waals surface area contributed by atoms with Gasteiger partial charge in [-0.2, -0.15) is 0 Å². The second kappa shape index (κ2) is 54.7. The molecule has 0 aromatic heterocycles. The van der Waals surface area contributed by atoms with Gasteiger partial charge in [-0.3, -0.25) is 14.4 Å². The van der Waals surface area contributed by atoms with E-state index in [-0.39, 0.29) is 37.5 Å². The summed E-state index contributed by atoms with van der Waals surface area (Å²) in [5.74, 6) is -0.981. The summed E-state index contributed by atoms with van der Waals surface area (Å²) in [6.45, 7) is 6.40. The molecule has 0 aliphatic carbocycles. The number of unbranched alkanes of at least 4 members (excludes halogenated alkanes) is 19. The topological polar surface area (TPSA) is 78.9 Å². The molecule has 0 spiro atoms. The van der Waals surface area contributed by atoms with Gasteiger partial charge in [-0.05, 0) is 128 Å². The molecule has 0 heterocycles. The van der Waals surface area contributed by atoms with Crippen LogP contribution in [0.2, 0.25) is 0 Å². The fourth-order valence-corrected chi connectivity index (χ4v) is 7.12. The number of allylic oxidation sites excluding steroid dienone is 18. The number of rotatable bonds is 48. The lowest BCUT2D eigenvalue weighted by molar-refractivity contribution is -0.167. The largest absolute Gasteiger partial charge is 0.462 e. The Balaban J connectivity index is 4.52. The van der Waals surface area contributed by atoms with Crippen molar-refractivity contribution < 1.29 is 28.6 Å². The second-order valence-corrected chi connectivity index (χ2v) is 17.7. The van der Waals surface area contributed by atoms with Gasteiger partial charge in [0, 0.05) is 19.3 Å². The van der Waals surface area contributed by atoms with E-state index in [4.69, 9.17) is 14.2 Å². The predicted molar refractivity (Wildman–Crippen MR) is 288 cm³/mol. The summed E-state index contributed by atoms with van der Waals surface area (Å²) in [6.07, 6.45) is 73.5. The van der Waals surface area contributed by atoms with Crippen LogP contribution < -0.4 is 0 Å². The lowest BCUT2D eigenvalue weighted by atomic mass is 10.1. The van der Waals surface area contributed by atoms with E-state index >= 15 is 0 Å². The molecular weight excluding hydrogens is 829 g/mol. The number of esters is 3. The van der Waals surface area contributed by atoms with E-state index in [2.05, 4.69) is 130 Å². The average Bonchev–Trinajstić information content (AvgIpc) is 3.33. The quantitative estimate of drug-likeness (QED) is 0.0262. The minimum atomic E-state index is -0.812. The summed E-state index contributed by atoms with van der Waals surface area (Å²) >= 11 is 0. The van der Waals surface area contributed by atoms with E-state index < -0.39 is 6.10 Å². The van der Waals surface area contributed by atoms with Crippen molar-refractivity contribution in [3.8, 4) is 0 Å². The summed E-state index contributed by atoms with van der Waals surface area (Å²) in [5, 5.41) is 0. The maximum Gasteiger partial charge on any atom is 0.306 e. The summed E-state index contributed by atoms with van der Waals surface area (Å²) in [4.78, 5) is 38.1. The highest BCUT2D eigenvalue weighted by Crippen LogP contribution is 2.13. The molecule has 0 aromatic carbocycles. The predicted octanol–water partition coefficient (Wildman–Crippen LogP) is 18.3. The Bertz CT molecular complexity index is 1390. The van der Waals surface area contributed by atoms with Crippen molar-refractivity contribution >= 4 is 17.9 Å². The highest BCUT2D eigenvalue weighted by molar-refractivity contribution is 5.71. The van der Waals surface area contributed by atoms with Gasteiger partial charge >= 0.3 is 17.9 Å². The molecule has 6 nitrogen and oxygen atoms in total. The summed E-state index contributed by atoms with van der Waals surface area (Å²) in [6, 6.07) is 0. The van der Waals surface area contributed by atoms with E-state index in [0.717, 1.165) is 116 Å². The van der Waals surface area contributed by atoms with Crippen molar-refractivity contribution in [3.05, 3.63) is 109 Å². The maximum absolute atomic E-state index is 12.8. The second-order valence-electron chi connectivity index (χ2n) is 17.7. The zero-order valence-corrected chi connectivity index (χ0v) is 43.4. The molecule has 6 heteroatoms. The van der Waals surface area contributed by atoms with Crippen LogP contribution in [0.1, 0.15) is 239 Å². The first kappa shape index (κ1) is 63.1. The van der Waals surface area contributed by atoms with Crippen LogP contribution >= 0.6 is 0 Å². The Hall–Kier alpha value is -3.93. The summed E-state index contributed by atoms with van der Waals surface area (Å²) in [7, 11) is 0. The summed E-state index contributed by atoms with van der Waals surface area (Å²) in [5.41, 5.74) is 0. The van der Waals surface area contributed by atoms with Crippen molar-refractivity contribution in [1.29, 1.82) is 0 Å². The third-order valence-corrected chi connectivity index (χ3v) is 11.2. The van der Waals surface area contributed by atoms with Gasteiger partial charge in [0.25, 0.3) is 0 Å². The number of carbonyl (C=O) groups is 3. The number of ether oxygens (including phenoxy) is 3. The van der Waals surface area contributed by atoms with E-state index in [1.165, 1.54) is 77.0 Å². The van der Waals surface area contributed by atoms with Crippen LogP contribution in [0.3, 0.4) is 0 Å². The minimum absolute atomic E-state index is 0.107. The normalized spacial score (nSPS) is 12.9. The van der Waals surface area contributed by atoms with Gasteiger partial charge in [0.2, 0.25) is 0 Å². The van der Waals surface area contributed by atoms with Crippen molar-refractivity contribution in [2.24, 2.45) is 0 Å². The fourth-order valence-electron chi connectivity index (χ4n) is 7.12. The third kappa shape index (κ3) is 52.9. The molecule has 0 rings (SSSR count). The Kier molecular flexibility index (Phi) is 51.5. The van der Waals surface area contributed by atoms with Gasteiger partial charge in [-0.25, -0.2) is 0 Å². The van der Waals surface area contributed by atoms with Gasteiger partial charge in [0.15, 0.2) is 6.10 Å². The first-order valence-electron chi connectivity index (χ1n) is 27.4. The molecule has 0 aliphatic rings. The molecule has 67 heavy (non-hydrogen) atoms. The maximum atomic E-state index is 12.8. The number of hydrogen-bond donors (Lipinski definition) is 0. The number of carbonyl (C=O) groups excluding carboxylic acids is 3. The fraction of sp³-hybridized carbons (Fsp3) is 0.656. The Morgan fingerprint density at radius 3 is 0.940 bits per heavy atom. The van der Waals surface area contributed by atoms with Crippen LogP contribution in [-0.2, 0) is 28.6 Å². The van der Waals surface area contributed by atoms with Crippen LogP contribution in [0.4, 0.5) is 0 Å². The van der Waals surface area contributed by atoms with E-state index in [1.807, 2.05) is 0 Å². The smallest absolute Gasteiger partial charge is 0.306 e. The Labute approximate surface area is 412 Å². The zero-order valence-electron chi connectivity index (χ0n) is 43.4. The first-order chi connectivity index (χ1) is 33.0. The third-order valence-electron chi connectivity index (χ3n) is 11.2. The standard InChI is InChI=1S/C61H100O6/c1-4-7-10-13-16-19-22-25-28-30-33-36-39-42-45-48-51-54-60(63)66-57-58(56-65-59(62)53-50-47-44-41-38-35-32-27-24-21-18-15-12-9-6-3)67-61(64)55-52-49-46-43-40-37-34-31-29-26-23-20-17-14-11-8-5-2/h9,12,16-21,25-29,32,34,37-38,41,58H,4-8,10-11,13-15,22-24,30-31,33,35-36,39-40,42-57H2,1-3H3/b12-9-,19-16-,20-17-,21-18-,28-25-,29-26-,32-27-,37-34-,41-38-/t58-/m1/s1. The van der Waals surface area contributed by atoms with Crippen molar-refractivity contribution in [1.82, 2.24) is 0 Å². The van der Waals surface area contributed by atoms with Gasteiger partial charge in [-0.15, -0.1) is 0 Å². The van der Waals surface area contributed by atoms with Crippen LogP contribution in [0.5, 0.6) is 0 Å². The molecule has 380 valence electrons. The van der Waals surface area contributed by atoms with Gasteiger partial charge in [0.05, 0.1) is 0 Å². The lowest BCUT2D eigenvalue weighted by Gasteiger charge is -2.18. The van der Waals surface area contributed by atoms with Gasteiger partial charge < -0.3 is 14.2 Å². The lowest BCUT2D eigenvalue weighted by Crippen LogP contribution is -2.30. The van der Waals surface area contributed by atoms with Crippen LogP contribution in [0.25, 0.3) is 0 Å². The van der Waals surface area contributed by atoms with Gasteiger partial charge in [0.1, 0.15) is 13.2 Å². The van der Waals surface area contributed by atoms with Crippen LogP contribution in [0.15, 0.2) is 109 Å². The monoisotopic (exact) mass is 929 g/mol. The van der Waals surface area contributed by atoms with E-state index in [0.29, 0.717) is 19.3 Å². The zero-order chi connectivity index (χ0) is 48.6. The van der Waals surface area contributed by atoms with Crippen molar-refractivity contribution in [2.45, 2.75) is 245 Å². The molecule has 0 unspecified atom stereocenters. The molecule has 0 N–H and O–H groups in total. The molecule has 0 saturated heterocycles. The van der Waals surface area contributed by atoms with Gasteiger partial charge in [-0.1, -0.05) is 201 Å². The molecular formula is C61H100O6. The molecule has 0 saturated carbocycles. The molecule has 0 bridgehead atoms. The molecule has 0 amide bonds. The average molecular weight is 929 g/mol. The number of hydrogen-bond acceptors (Lipinski definition) is 6. The molecule has 0 aromatic rings. The molecule has 1 atom stereocenters. The van der Waals surface area contributed by atoms with Crippen molar-refractivity contribution in [3.63, 3.8) is 0 Å². The SMILES string of the molecule is CC/C=C\C/C=C\C/C=C\C/C=C\CCCCC(=O)OC[C@H](COC(=O)CCCCCCCCC/C=C\C/C=C\CCCCC)OC(=O)CCCCCC/C=C\C/C=C\C/C=C\CCCCC. The van der Waals surface area contributed by atoms with Crippen LogP contribution in [0, 0.1) is 0 Å².